The summed E-state index contributed by atoms with van der Waals surface area (Å²) in [5.41, 5.74) is 0.899. The highest BCUT2D eigenvalue weighted by atomic mass is 16.5. The van der Waals surface area contributed by atoms with Gasteiger partial charge in [0.2, 0.25) is 5.91 Å². The Labute approximate surface area is 118 Å². The zero-order valence-corrected chi connectivity index (χ0v) is 11.7. The second kappa shape index (κ2) is 7.03. The molecule has 1 aliphatic heterocycles. The van der Waals surface area contributed by atoms with E-state index in [0.29, 0.717) is 19.6 Å². The molecule has 20 heavy (non-hydrogen) atoms. The summed E-state index contributed by atoms with van der Waals surface area (Å²) in [6, 6.07) is 3.71. The standard InChI is InChI=1S/C15H20N2O3/c1-2-20-15(19)13-6-4-8-17(11-13)14(18)9-12-5-3-7-16-10-12/h3,5,7,10,13H,2,4,6,8-9,11H2,1H3/t13-/m0/s1. The lowest BCUT2D eigenvalue weighted by atomic mass is 9.97. The summed E-state index contributed by atoms with van der Waals surface area (Å²) in [6.07, 6.45) is 5.37. The number of likely N-dealkylation sites (tertiary alicyclic amines) is 1. The summed E-state index contributed by atoms with van der Waals surface area (Å²) in [5, 5.41) is 0. The molecule has 0 saturated carbocycles. The van der Waals surface area contributed by atoms with Crippen LogP contribution >= 0.6 is 0 Å². The lowest BCUT2D eigenvalue weighted by Crippen LogP contribution is -2.43. The molecule has 1 aromatic heterocycles. The second-order valence-electron chi connectivity index (χ2n) is 4.97. The van der Waals surface area contributed by atoms with Crippen molar-refractivity contribution in [2.24, 2.45) is 5.92 Å². The van der Waals surface area contributed by atoms with Crippen molar-refractivity contribution in [3.8, 4) is 0 Å². The number of rotatable bonds is 4. The Kier molecular flexibility index (Phi) is 5.09. The van der Waals surface area contributed by atoms with Gasteiger partial charge in [-0.15, -0.1) is 0 Å². The Morgan fingerprint density at radius 1 is 1.50 bits per heavy atom. The van der Waals surface area contributed by atoms with Gasteiger partial charge in [-0.25, -0.2) is 0 Å². The molecule has 2 heterocycles. The lowest BCUT2D eigenvalue weighted by Gasteiger charge is -2.31. The minimum atomic E-state index is -0.189. The van der Waals surface area contributed by atoms with Gasteiger partial charge < -0.3 is 9.64 Å². The molecule has 1 aliphatic rings. The number of pyridine rings is 1. The highest BCUT2D eigenvalue weighted by Gasteiger charge is 2.29. The maximum absolute atomic E-state index is 12.2. The average molecular weight is 276 g/mol. The molecule has 5 heteroatoms. The average Bonchev–Trinajstić information content (AvgIpc) is 2.48. The number of hydrogen-bond acceptors (Lipinski definition) is 4. The van der Waals surface area contributed by atoms with Gasteiger partial charge in [-0.2, -0.15) is 0 Å². The smallest absolute Gasteiger partial charge is 0.310 e. The predicted octanol–water partition coefficient (Wildman–Crippen LogP) is 1.43. The summed E-state index contributed by atoms with van der Waals surface area (Å²) < 4.78 is 5.04. The third kappa shape index (κ3) is 3.79. The van der Waals surface area contributed by atoms with Crippen molar-refractivity contribution in [3.05, 3.63) is 30.1 Å². The minimum Gasteiger partial charge on any atom is -0.466 e. The van der Waals surface area contributed by atoms with Crippen LogP contribution < -0.4 is 0 Å². The van der Waals surface area contributed by atoms with E-state index in [1.165, 1.54) is 0 Å². The monoisotopic (exact) mass is 276 g/mol. The Hall–Kier alpha value is -1.91. The van der Waals surface area contributed by atoms with Gasteiger partial charge in [0.05, 0.1) is 18.9 Å². The van der Waals surface area contributed by atoms with Gasteiger partial charge >= 0.3 is 5.97 Å². The fourth-order valence-corrected chi connectivity index (χ4v) is 2.45. The van der Waals surface area contributed by atoms with E-state index >= 15 is 0 Å². The van der Waals surface area contributed by atoms with Crippen molar-refractivity contribution in [1.29, 1.82) is 0 Å². The highest BCUT2D eigenvalue weighted by Crippen LogP contribution is 2.18. The van der Waals surface area contributed by atoms with Crippen LogP contribution in [0, 0.1) is 5.92 Å². The van der Waals surface area contributed by atoms with Gasteiger partial charge in [0, 0.05) is 25.5 Å². The van der Waals surface area contributed by atoms with E-state index in [4.69, 9.17) is 4.74 Å². The van der Waals surface area contributed by atoms with E-state index in [2.05, 4.69) is 4.98 Å². The van der Waals surface area contributed by atoms with Gasteiger partial charge in [0.1, 0.15) is 0 Å². The van der Waals surface area contributed by atoms with Crippen molar-refractivity contribution < 1.29 is 14.3 Å². The molecule has 0 bridgehead atoms. The minimum absolute atomic E-state index is 0.0481. The number of amides is 1. The molecule has 0 radical (unpaired) electrons. The lowest BCUT2D eigenvalue weighted by molar-refractivity contribution is -0.151. The molecule has 1 saturated heterocycles. The molecular formula is C15H20N2O3. The first-order chi connectivity index (χ1) is 9.70. The molecule has 0 aliphatic carbocycles. The predicted molar refractivity (Wildman–Crippen MR) is 73.9 cm³/mol. The second-order valence-corrected chi connectivity index (χ2v) is 4.97. The quantitative estimate of drug-likeness (QED) is 0.780. The summed E-state index contributed by atoms with van der Waals surface area (Å²) >= 11 is 0. The molecule has 1 amide bonds. The first kappa shape index (κ1) is 14.5. The van der Waals surface area contributed by atoms with E-state index in [-0.39, 0.29) is 17.8 Å². The molecule has 1 fully saturated rings. The van der Waals surface area contributed by atoms with Gasteiger partial charge in [-0.05, 0) is 31.4 Å². The highest BCUT2D eigenvalue weighted by molar-refractivity contribution is 5.80. The number of carbonyl (C=O) groups is 2. The van der Waals surface area contributed by atoms with Crippen LogP contribution in [0.3, 0.4) is 0 Å². The maximum atomic E-state index is 12.2. The SMILES string of the molecule is CCOC(=O)[C@H]1CCCN(C(=O)Cc2cccnc2)C1. The third-order valence-corrected chi connectivity index (χ3v) is 3.47. The largest absolute Gasteiger partial charge is 0.466 e. The molecule has 0 aromatic carbocycles. The van der Waals surface area contributed by atoms with Gasteiger partial charge in [0.25, 0.3) is 0 Å². The van der Waals surface area contributed by atoms with E-state index in [9.17, 15) is 9.59 Å². The number of nitrogens with zero attached hydrogens (tertiary/aromatic N) is 2. The summed E-state index contributed by atoms with van der Waals surface area (Å²) in [7, 11) is 0. The molecule has 0 N–H and O–H groups in total. The topological polar surface area (TPSA) is 59.5 Å². The first-order valence-electron chi connectivity index (χ1n) is 7.04. The summed E-state index contributed by atoms with van der Waals surface area (Å²) in [5.74, 6) is -0.320. The van der Waals surface area contributed by atoms with Crippen LogP contribution in [0.2, 0.25) is 0 Å². The third-order valence-electron chi connectivity index (χ3n) is 3.47. The summed E-state index contributed by atoms with van der Waals surface area (Å²) in [6.45, 7) is 3.37. The Morgan fingerprint density at radius 3 is 3.05 bits per heavy atom. The summed E-state index contributed by atoms with van der Waals surface area (Å²) in [4.78, 5) is 29.8. The van der Waals surface area contributed by atoms with Crippen molar-refractivity contribution in [3.63, 3.8) is 0 Å². The molecule has 1 atom stereocenters. The molecule has 0 spiro atoms. The van der Waals surface area contributed by atoms with Crippen LogP contribution in [-0.4, -0.2) is 41.5 Å². The molecular weight excluding hydrogens is 256 g/mol. The number of carbonyl (C=O) groups excluding carboxylic acids is 2. The van der Waals surface area contributed by atoms with Crippen LogP contribution in [0.4, 0.5) is 0 Å². The zero-order chi connectivity index (χ0) is 14.4. The van der Waals surface area contributed by atoms with Crippen molar-refractivity contribution >= 4 is 11.9 Å². The molecule has 0 unspecified atom stereocenters. The van der Waals surface area contributed by atoms with E-state index in [1.54, 1.807) is 24.2 Å². The van der Waals surface area contributed by atoms with Crippen molar-refractivity contribution in [2.75, 3.05) is 19.7 Å². The van der Waals surface area contributed by atoms with Crippen LogP contribution in [0.25, 0.3) is 0 Å². The van der Waals surface area contributed by atoms with Crippen molar-refractivity contribution in [2.45, 2.75) is 26.2 Å². The number of hydrogen-bond donors (Lipinski definition) is 0. The molecule has 5 nitrogen and oxygen atoms in total. The van der Waals surface area contributed by atoms with Crippen LogP contribution in [0.1, 0.15) is 25.3 Å². The maximum Gasteiger partial charge on any atom is 0.310 e. The van der Waals surface area contributed by atoms with Crippen molar-refractivity contribution in [1.82, 2.24) is 9.88 Å². The van der Waals surface area contributed by atoms with Gasteiger partial charge in [0.15, 0.2) is 0 Å². The fraction of sp³-hybridized carbons (Fsp3) is 0.533. The number of piperidine rings is 1. The number of aromatic nitrogens is 1. The fourth-order valence-electron chi connectivity index (χ4n) is 2.45. The number of esters is 1. The van der Waals surface area contributed by atoms with E-state index in [0.717, 1.165) is 24.9 Å². The Balaban J connectivity index is 1.91. The van der Waals surface area contributed by atoms with Gasteiger partial charge in [-0.1, -0.05) is 6.07 Å². The van der Waals surface area contributed by atoms with Crippen LogP contribution in [-0.2, 0) is 20.7 Å². The number of ether oxygens (including phenoxy) is 1. The zero-order valence-electron chi connectivity index (χ0n) is 11.7. The Morgan fingerprint density at radius 2 is 2.35 bits per heavy atom. The Bertz CT molecular complexity index is 461. The molecule has 2 rings (SSSR count). The van der Waals surface area contributed by atoms with Gasteiger partial charge in [-0.3, -0.25) is 14.6 Å². The van der Waals surface area contributed by atoms with Crippen LogP contribution in [0.15, 0.2) is 24.5 Å². The molecule has 1 aromatic rings. The van der Waals surface area contributed by atoms with Crippen LogP contribution in [0.5, 0.6) is 0 Å². The normalized spacial score (nSPS) is 18.6. The van der Waals surface area contributed by atoms with E-state index < -0.39 is 0 Å². The van der Waals surface area contributed by atoms with E-state index in [1.807, 2.05) is 12.1 Å². The molecule has 108 valence electrons. The first-order valence-corrected chi connectivity index (χ1v) is 7.04.